The standard InChI is InChI=1S/C16H22N4O2S/c1-5-15-18-12(2)10-16(19-15)17-11-13-8-6-7-9-14(13)23(21,22)20(3)4/h6-10H,5,11H2,1-4H3,(H,17,18,19). The van der Waals surface area contributed by atoms with Crippen LogP contribution >= 0.6 is 0 Å². The first kappa shape index (κ1) is 17.4. The molecule has 6 nitrogen and oxygen atoms in total. The normalized spacial score (nSPS) is 11.7. The lowest BCUT2D eigenvalue weighted by atomic mass is 10.2. The van der Waals surface area contributed by atoms with Gasteiger partial charge in [0.05, 0.1) is 4.90 Å². The average molecular weight is 334 g/mol. The molecule has 0 aliphatic carbocycles. The van der Waals surface area contributed by atoms with Crippen LogP contribution in [0.25, 0.3) is 0 Å². The molecule has 0 saturated carbocycles. The van der Waals surface area contributed by atoms with E-state index in [2.05, 4.69) is 15.3 Å². The van der Waals surface area contributed by atoms with E-state index in [4.69, 9.17) is 0 Å². The van der Waals surface area contributed by atoms with E-state index in [1.807, 2.05) is 26.0 Å². The number of nitrogens with zero attached hydrogens (tertiary/aromatic N) is 3. The van der Waals surface area contributed by atoms with Crippen LogP contribution in [0.1, 0.15) is 24.0 Å². The fraction of sp³-hybridized carbons (Fsp3) is 0.375. The van der Waals surface area contributed by atoms with Crippen molar-refractivity contribution in [1.29, 1.82) is 0 Å². The lowest BCUT2D eigenvalue weighted by molar-refractivity contribution is 0.520. The summed E-state index contributed by atoms with van der Waals surface area (Å²) >= 11 is 0. The SMILES string of the molecule is CCc1nc(C)cc(NCc2ccccc2S(=O)(=O)N(C)C)n1. The van der Waals surface area contributed by atoms with Gasteiger partial charge in [-0.05, 0) is 18.6 Å². The van der Waals surface area contributed by atoms with Crippen LogP contribution in [0.5, 0.6) is 0 Å². The highest BCUT2D eigenvalue weighted by molar-refractivity contribution is 7.89. The molecule has 0 unspecified atom stereocenters. The maximum absolute atomic E-state index is 12.4. The van der Waals surface area contributed by atoms with Crippen molar-refractivity contribution in [3.63, 3.8) is 0 Å². The summed E-state index contributed by atoms with van der Waals surface area (Å²) in [6, 6.07) is 8.83. The summed E-state index contributed by atoms with van der Waals surface area (Å²) in [5, 5.41) is 3.19. The van der Waals surface area contributed by atoms with Gasteiger partial charge < -0.3 is 5.32 Å². The second-order valence-corrected chi connectivity index (χ2v) is 7.53. The van der Waals surface area contributed by atoms with Gasteiger partial charge in [0.15, 0.2) is 0 Å². The second-order valence-electron chi connectivity index (χ2n) is 5.41. The Morgan fingerprint density at radius 2 is 1.87 bits per heavy atom. The largest absolute Gasteiger partial charge is 0.366 e. The Kier molecular flexibility index (Phi) is 5.33. The molecule has 0 fully saturated rings. The van der Waals surface area contributed by atoms with E-state index in [9.17, 15) is 8.42 Å². The molecule has 2 rings (SSSR count). The highest BCUT2D eigenvalue weighted by atomic mass is 32.2. The van der Waals surface area contributed by atoms with Crippen LogP contribution in [0.15, 0.2) is 35.2 Å². The van der Waals surface area contributed by atoms with Crippen LogP contribution in [0, 0.1) is 6.92 Å². The van der Waals surface area contributed by atoms with Gasteiger partial charge in [-0.3, -0.25) is 0 Å². The van der Waals surface area contributed by atoms with Gasteiger partial charge in [0.25, 0.3) is 0 Å². The molecule has 0 aliphatic rings. The molecule has 1 N–H and O–H groups in total. The molecule has 1 aromatic heterocycles. The average Bonchev–Trinajstić information content (AvgIpc) is 2.52. The van der Waals surface area contributed by atoms with Gasteiger partial charge in [0.2, 0.25) is 10.0 Å². The minimum atomic E-state index is -3.47. The number of rotatable bonds is 6. The Morgan fingerprint density at radius 1 is 1.17 bits per heavy atom. The number of aromatic nitrogens is 2. The molecule has 0 bridgehead atoms. The predicted octanol–water partition coefficient (Wildman–Crippen LogP) is 2.21. The van der Waals surface area contributed by atoms with Crippen LogP contribution in [0.4, 0.5) is 5.82 Å². The van der Waals surface area contributed by atoms with E-state index in [0.29, 0.717) is 22.8 Å². The van der Waals surface area contributed by atoms with Crippen LogP contribution in [-0.2, 0) is 23.0 Å². The van der Waals surface area contributed by atoms with Gasteiger partial charge in [0.1, 0.15) is 11.6 Å². The number of aryl methyl sites for hydroxylation is 2. The van der Waals surface area contributed by atoms with Crippen LogP contribution in [0.3, 0.4) is 0 Å². The molecule has 0 saturated heterocycles. The minimum Gasteiger partial charge on any atom is -0.366 e. The lowest BCUT2D eigenvalue weighted by Gasteiger charge is -2.16. The topological polar surface area (TPSA) is 75.2 Å². The summed E-state index contributed by atoms with van der Waals surface area (Å²) < 4.78 is 26.0. The van der Waals surface area contributed by atoms with Crippen LogP contribution in [0.2, 0.25) is 0 Å². The van der Waals surface area contributed by atoms with Crippen molar-refractivity contribution >= 4 is 15.8 Å². The molecule has 2 aromatic rings. The van der Waals surface area contributed by atoms with Gasteiger partial charge in [-0.2, -0.15) is 0 Å². The summed E-state index contributed by atoms with van der Waals surface area (Å²) in [5.74, 6) is 1.47. The van der Waals surface area contributed by atoms with Gasteiger partial charge in [-0.1, -0.05) is 25.1 Å². The van der Waals surface area contributed by atoms with Gasteiger partial charge in [-0.25, -0.2) is 22.7 Å². The zero-order valence-corrected chi connectivity index (χ0v) is 14.7. The van der Waals surface area contributed by atoms with Crippen molar-refractivity contribution in [3.8, 4) is 0 Å². The van der Waals surface area contributed by atoms with E-state index < -0.39 is 10.0 Å². The minimum absolute atomic E-state index is 0.305. The maximum atomic E-state index is 12.4. The number of sulfonamides is 1. The van der Waals surface area contributed by atoms with Gasteiger partial charge in [-0.15, -0.1) is 0 Å². The van der Waals surface area contributed by atoms with E-state index >= 15 is 0 Å². The Bertz CT molecular complexity index is 788. The van der Waals surface area contributed by atoms with E-state index in [0.717, 1.165) is 17.9 Å². The van der Waals surface area contributed by atoms with E-state index in [-0.39, 0.29) is 0 Å². The van der Waals surface area contributed by atoms with Crippen molar-refractivity contribution in [2.24, 2.45) is 0 Å². The van der Waals surface area contributed by atoms with Crippen LogP contribution in [-0.4, -0.2) is 36.8 Å². The molecular weight excluding hydrogens is 312 g/mol. The van der Waals surface area contributed by atoms with Crippen molar-refractivity contribution in [2.45, 2.75) is 31.7 Å². The third kappa shape index (κ3) is 4.05. The summed E-state index contributed by atoms with van der Waals surface area (Å²) in [4.78, 5) is 9.05. The fourth-order valence-corrected chi connectivity index (χ4v) is 3.28. The second kappa shape index (κ2) is 7.06. The molecule has 23 heavy (non-hydrogen) atoms. The zero-order chi connectivity index (χ0) is 17.0. The summed E-state index contributed by atoms with van der Waals surface area (Å²) in [7, 11) is -0.415. The first-order chi connectivity index (χ1) is 10.8. The molecule has 0 amide bonds. The molecule has 0 spiro atoms. The van der Waals surface area contributed by atoms with Gasteiger partial charge >= 0.3 is 0 Å². The van der Waals surface area contributed by atoms with Crippen molar-refractivity contribution < 1.29 is 8.42 Å². The van der Waals surface area contributed by atoms with Crippen LogP contribution < -0.4 is 5.32 Å². The molecule has 7 heteroatoms. The quantitative estimate of drug-likeness (QED) is 0.876. The summed E-state index contributed by atoms with van der Waals surface area (Å²) in [6.45, 7) is 4.29. The Labute approximate surface area is 137 Å². The molecule has 0 radical (unpaired) electrons. The molecule has 1 aromatic carbocycles. The zero-order valence-electron chi connectivity index (χ0n) is 13.9. The third-order valence-electron chi connectivity index (χ3n) is 3.41. The van der Waals surface area contributed by atoms with E-state index in [1.54, 1.807) is 18.2 Å². The number of hydrogen-bond donors (Lipinski definition) is 1. The molecule has 1 heterocycles. The van der Waals surface area contributed by atoms with Crippen molar-refractivity contribution in [2.75, 3.05) is 19.4 Å². The monoisotopic (exact) mass is 334 g/mol. The summed E-state index contributed by atoms with van der Waals surface area (Å²) in [6.07, 6.45) is 0.752. The number of anilines is 1. The highest BCUT2D eigenvalue weighted by Crippen LogP contribution is 2.19. The molecular formula is C16H22N4O2S. The van der Waals surface area contributed by atoms with Gasteiger partial charge in [0, 0.05) is 38.8 Å². The number of nitrogens with one attached hydrogen (secondary N) is 1. The number of hydrogen-bond acceptors (Lipinski definition) is 5. The summed E-state index contributed by atoms with van der Waals surface area (Å²) in [5.41, 5.74) is 1.59. The molecule has 0 aliphatic heterocycles. The highest BCUT2D eigenvalue weighted by Gasteiger charge is 2.20. The van der Waals surface area contributed by atoms with Crippen molar-refractivity contribution in [1.82, 2.24) is 14.3 Å². The Morgan fingerprint density at radius 3 is 2.52 bits per heavy atom. The maximum Gasteiger partial charge on any atom is 0.242 e. The third-order valence-corrected chi connectivity index (χ3v) is 5.32. The first-order valence-electron chi connectivity index (χ1n) is 7.43. The fourth-order valence-electron chi connectivity index (χ4n) is 2.16. The molecule has 124 valence electrons. The molecule has 0 atom stereocenters. The van der Waals surface area contributed by atoms with Crippen molar-refractivity contribution in [3.05, 3.63) is 47.4 Å². The van der Waals surface area contributed by atoms with E-state index in [1.165, 1.54) is 18.4 Å². The smallest absolute Gasteiger partial charge is 0.242 e. The Hall–Kier alpha value is -1.99. The number of benzene rings is 1. The lowest BCUT2D eigenvalue weighted by Crippen LogP contribution is -2.23. The first-order valence-corrected chi connectivity index (χ1v) is 8.87. The predicted molar refractivity (Wildman–Crippen MR) is 90.8 cm³/mol. The Balaban J connectivity index is 2.27.